The monoisotopic (exact) mass is 360 g/mol. The molecule has 0 bridgehead atoms. The fourth-order valence-electron chi connectivity index (χ4n) is 2.59. The van der Waals surface area contributed by atoms with Crippen LogP contribution in [-0.2, 0) is 13.1 Å². The average Bonchev–Trinajstić information content (AvgIpc) is 2.68. The van der Waals surface area contributed by atoms with Gasteiger partial charge in [0.05, 0.1) is 0 Å². The van der Waals surface area contributed by atoms with Gasteiger partial charge in [-0.15, -0.1) is 0 Å². The Bertz CT molecular complexity index is 1020. The number of benzene rings is 2. The van der Waals surface area contributed by atoms with Gasteiger partial charge in [0.25, 0.3) is 5.56 Å². The fraction of sp³-hybridized carbons (Fsp3) is 0.0909. The highest BCUT2D eigenvalue weighted by Crippen LogP contribution is 2.03. The van der Waals surface area contributed by atoms with Crippen LogP contribution in [0.1, 0.15) is 11.1 Å². The fourth-order valence-corrected chi connectivity index (χ4v) is 2.89. The van der Waals surface area contributed by atoms with Crippen molar-refractivity contribution in [2.24, 2.45) is 0 Å². The molecule has 3 rings (SSSR count). The van der Waals surface area contributed by atoms with Gasteiger partial charge in [0.2, 0.25) is 0 Å². The predicted molar refractivity (Wildman–Crippen MR) is 110 cm³/mol. The van der Waals surface area contributed by atoms with E-state index in [-0.39, 0.29) is 5.56 Å². The lowest BCUT2D eigenvalue weighted by Gasteiger charge is -2.08. The Balaban J connectivity index is 1.74. The third kappa shape index (κ3) is 4.77. The summed E-state index contributed by atoms with van der Waals surface area (Å²) in [6.45, 7) is 1.08. The SMILES string of the molecule is O=c1ccn(C/C=C\c2ccccc2)c(=S)n1C/C=C\c1ccccc1. The third-order valence-corrected chi connectivity index (χ3v) is 4.40. The smallest absolute Gasteiger partial charge is 0.254 e. The van der Waals surface area contributed by atoms with Crippen molar-refractivity contribution in [1.82, 2.24) is 9.13 Å². The molecule has 0 radical (unpaired) electrons. The summed E-state index contributed by atoms with van der Waals surface area (Å²) < 4.78 is 4.02. The zero-order valence-corrected chi connectivity index (χ0v) is 15.2. The molecule has 0 atom stereocenters. The van der Waals surface area contributed by atoms with E-state index in [1.807, 2.05) is 89.5 Å². The molecule has 0 unspecified atom stereocenters. The lowest BCUT2D eigenvalue weighted by atomic mass is 10.2. The minimum absolute atomic E-state index is 0.0870. The van der Waals surface area contributed by atoms with Crippen LogP contribution in [0, 0.1) is 4.77 Å². The number of nitrogens with zero attached hydrogens (tertiary/aromatic N) is 2. The van der Waals surface area contributed by atoms with E-state index in [1.165, 1.54) is 0 Å². The molecule has 0 aliphatic carbocycles. The third-order valence-electron chi connectivity index (χ3n) is 3.95. The van der Waals surface area contributed by atoms with Crippen LogP contribution in [0.25, 0.3) is 12.2 Å². The molecule has 26 heavy (non-hydrogen) atoms. The Hall–Kier alpha value is -2.98. The summed E-state index contributed by atoms with van der Waals surface area (Å²) in [4.78, 5) is 12.2. The summed E-state index contributed by atoms with van der Waals surface area (Å²) in [6, 6.07) is 21.6. The van der Waals surface area contributed by atoms with Crippen LogP contribution >= 0.6 is 12.2 Å². The van der Waals surface area contributed by atoms with Crippen LogP contribution in [0.2, 0.25) is 0 Å². The van der Waals surface area contributed by atoms with Gasteiger partial charge in [-0.25, -0.2) is 0 Å². The molecular formula is C22H20N2OS. The molecule has 3 nitrogen and oxygen atoms in total. The van der Waals surface area contributed by atoms with Crippen LogP contribution < -0.4 is 5.56 Å². The Morgan fingerprint density at radius 3 is 1.88 bits per heavy atom. The first-order chi connectivity index (χ1) is 12.7. The van der Waals surface area contributed by atoms with Gasteiger partial charge in [-0.1, -0.05) is 85.0 Å². The normalized spacial score (nSPS) is 11.4. The van der Waals surface area contributed by atoms with Crippen LogP contribution in [0.15, 0.2) is 89.9 Å². The van der Waals surface area contributed by atoms with Gasteiger partial charge in [-0.3, -0.25) is 9.36 Å². The summed E-state index contributed by atoms with van der Waals surface area (Å²) in [5, 5.41) is 0. The number of allylic oxidation sites excluding steroid dienone is 2. The number of rotatable bonds is 6. The minimum atomic E-state index is -0.0870. The molecule has 0 aliphatic heterocycles. The van der Waals surface area contributed by atoms with E-state index in [4.69, 9.17) is 12.2 Å². The van der Waals surface area contributed by atoms with E-state index < -0.39 is 0 Å². The predicted octanol–water partition coefficient (Wildman–Crippen LogP) is 4.81. The second-order valence-electron chi connectivity index (χ2n) is 5.83. The molecule has 0 N–H and O–H groups in total. The van der Waals surface area contributed by atoms with Crippen LogP contribution in [0.4, 0.5) is 0 Å². The van der Waals surface area contributed by atoms with E-state index in [1.54, 1.807) is 16.8 Å². The van der Waals surface area contributed by atoms with Crippen molar-refractivity contribution in [3.63, 3.8) is 0 Å². The van der Waals surface area contributed by atoms with E-state index in [9.17, 15) is 4.79 Å². The first-order valence-corrected chi connectivity index (χ1v) is 8.88. The lowest BCUT2D eigenvalue weighted by molar-refractivity contribution is 0.653. The van der Waals surface area contributed by atoms with E-state index in [2.05, 4.69) is 0 Å². The molecule has 0 fully saturated rings. The summed E-state index contributed by atoms with van der Waals surface area (Å²) in [7, 11) is 0. The van der Waals surface area contributed by atoms with Gasteiger partial charge in [-0.2, -0.15) is 0 Å². The molecular weight excluding hydrogens is 340 g/mol. The van der Waals surface area contributed by atoms with Gasteiger partial charge >= 0.3 is 0 Å². The zero-order chi connectivity index (χ0) is 18.2. The van der Waals surface area contributed by atoms with Crippen LogP contribution in [0.3, 0.4) is 0 Å². The van der Waals surface area contributed by atoms with E-state index in [0.717, 1.165) is 11.1 Å². The molecule has 1 aromatic heterocycles. The topological polar surface area (TPSA) is 26.9 Å². The van der Waals surface area contributed by atoms with Crippen molar-refractivity contribution >= 4 is 24.4 Å². The molecule has 130 valence electrons. The van der Waals surface area contributed by atoms with E-state index >= 15 is 0 Å². The Morgan fingerprint density at radius 1 is 0.769 bits per heavy atom. The summed E-state index contributed by atoms with van der Waals surface area (Å²) in [5.74, 6) is 0. The highest BCUT2D eigenvalue weighted by molar-refractivity contribution is 7.71. The van der Waals surface area contributed by atoms with Gasteiger partial charge < -0.3 is 4.57 Å². The maximum Gasteiger partial charge on any atom is 0.254 e. The second kappa shape index (κ2) is 8.92. The van der Waals surface area contributed by atoms with E-state index in [0.29, 0.717) is 17.9 Å². The molecule has 0 saturated carbocycles. The quantitative estimate of drug-likeness (QED) is 0.590. The highest BCUT2D eigenvalue weighted by atomic mass is 32.1. The molecule has 0 aliphatic rings. The lowest BCUT2D eigenvalue weighted by Crippen LogP contribution is -2.23. The van der Waals surface area contributed by atoms with Crippen molar-refractivity contribution in [3.8, 4) is 0 Å². The highest BCUT2D eigenvalue weighted by Gasteiger charge is 1.99. The summed E-state index contributed by atoms with van der Waals surface area (Å²) in [6.07, 6.45) is 9.79. The Kier molecular flexibility index (Phi) is 6.12. The average molecular weight is 360 g/mol. The summed E-state index contributed by atoms with van der Waals surface area (Å²) >= 11 is 5.50. The molecule has 3 aromatic rings. The minimum Gasteiger partial charge on any atom is -0.321 e. The first kappa shape index (κ1) is 17.8. The molecule has 2 aromatic carbocycles. The van der Waals surface area contributed by atoms with Gasteiger partial charge in [-0.05, 0) is 23.3 Å². The largest absolute Gasteiger partial charge is 0.321 e. The standard InChI is InChI=1S/C22H20N2OS/c25-21-15-18-23(16-7-13-19-9-3-1-4-10-19)22(26)24(21)17-8-14-20-11-5-2-6-12-20/h1-15,18H,16-17H2/b13-7-,14-8-. The first-order valence-electron chi connectivity index (χ1n) is 8.47. The Morgan fingerprint density at radius 2 is 1.31 bits per heavy atom. The van der Waals surface area contributed by atoms with Crippen molar-refractivity contribution in [2.75, 3.05) is 0 Å². The van der Waals surface area contributed by atoms with Gasteiger partial charge in [0.15, 0.2) is 4.77 Å². The molecule has 0 saturated heterocycles. The van der Waals surface area contributed by atoms with Gasteiger partial charge in [0.1, 0.15) is 0 Å². The van der Waals surface area contributed by atoms with Crippen LogP contribution in [0.5, 0.6) is 0 Å². The molecule has 1 heterocycles. The van der Waals surface area contributed by atoms with Crippen molar-refractivity contribution in [1.29, 1.82) is 0 Å². The zero-order valence-electron chi connectivity index (χ0n) is 14.4. The molecule has 0 amide bonds. The summed E-state index contributed by atoms with van der Waals surface area (Å²) in [5.41, 5.74) is 2.15. The maximum atomic E-state index is 12.2. The number of hydrogen-bond acceptors (Lipinski definition) is 2. The second-order valence-corrected chi connectivity index (χ2v) is 6.19. The van der Waals surface area contributed by atoms with Crippen molar-refractivity contribution < 1.29 is 0 Å². The molecule has 0 spiro atoms. The maximum absolute atomic E-state index is 12.2. The van der Waals surface area contributed by atoms with Crippen LogP contribution in [-0.4, -0.2) is 9.13 Å². The number of hydrogen-bond donors (Lipinski definition) is 0. The van der Waals surface area contributed by atoms with Crippen molar-refractivity contribution in [2.45, 2.75) is 13.1 Å². The number of aromatic nitrogens is 2. The van der Waals surface area contributed by atoms with Crippen molar-refractivity contribution in [3.05, 3.63) is 111 Å². The Labute approximate surface area is 158 Å². The van der Waals surface area contributed by atoms with Gasteiger partial charge in [0, 0.05) is 25.4 Å². The molecule has 4 heteroatoms.